The Hall–Kier alpha value is -2.42. The first-order valence-corrected chi connectivity index (χ1v) is 5.29. The molecule has 84 valence electrons. The number of nitrogens with zero attached hydrogens (tertiary/aromatic N) is 1. The van der Waals surface area contributed by atoms with Crippen molar-refractivity contribution in [1.82, 2.24) is 0 Å². The van der Waals surface area contributed by atoms with E-state index in [9.17, 15) is 4.79 Å². The first kappa shape index (κ1) is 11.1. The minimum absolute atomic E-state index is 0.384. The summed E-state index contributed by atoms with van der Waals surface area (Å²) in [7, 11) is 0. The van der Waals surface area contributed by atoms with Crippen molar-refractivity contribution in [2.75, 3.05) is 5.43 Å². The number of rotatable bonds is 4. The third kappa shape index (κ3) is 3.01. The third-order valence-corrected chi connectivity index (χ3v) is 2.26. The Labute approximate surface area is 99.8 Å². The first-order valence-electron chi connectivity index (χ1n) is 5.29. The van der Waals surface area contributed by atoms with Crippen LogP contribution >= 0.6 is 0 Å². The summed E-state index contributed by atoms with van der Waals surface area (Å²) < 4.78 is 0. The number of anilines is 1. The van der Waals surface area contributed by atoms with E-state index in [0.717, 1.165) is 17.5 Å². The van der Waals surface area contributed by atoms with Crippen molar-refractivity contribution in [3.63, 3.8) is 0 Å². The van der Waals surface area contributed by atoms with E-state index in [2.05, 4.69) is 10.5 Å². The van der Waals surface area contributed by atoms with Crippen LogP contribution < -0.4 is 5.43 Å². The lowest BCUT2D eigenvalue weighted by Gasteiger charge is -2.02. The molecule has 0 unspecified atom stereocenters. The van der Waals surface area contributed by atoms with Gasteiger partial charge in [0.1, 0.15) is 5.71 Å². The number of para-hydroxylation sites is 1. The standard InChI is InChI=1S/C14H12N2O/c17-11-14(12-7-3-1-4-8-12)16-15-13-9-5-2-6-10-13/h1-11,15H/b16-14+. The molecule has 2 aromatic carbocycles. The van der Waals surface area contributed by atoms with Crippen LogP contribution in [0, 0.1) is 0 Å². The van der Waals surface area contributed by atoms with Gasteiger partial charge in [0.2, 0.25) is 0 Å². The van der Waals surface area contributed by atoms with Crippen LogP contribution in [0.15, 0.2) is 65.8 Å². The topological polar surface area (TPSA) is 41.5 Å². The van der Waals surface area contributed by atoms with E-state index in [0.29, 0.717) is 5.71 Å². The smallest absolute Gasteiger partial charge is 0.170 e. The number of benzene rings is 2. The molecular formula is C14H12N2O. The Morgan fingerprint density at radius 2 is 1.53 bits per heavy atom. The molecule has 3 nitrogen and oxygen atoms in total. The number of carbonyl (C=O) groups excluding carboxylic acids is 1. The summed E-state index contributed by atoms with van der Waals surface area (Å²) in [6.07, 6.45) is 0.741. The minimum Gasteiger partial charge on any atom is -0.296 e. The molecule has 17 heavy (non-hydrogen) atoms. The fourth-order valence-corrected chi connectivity index (χ4v) is 1.41. The fraction of sp³-hybridized carbons (Fsp3) is 0. The maximum atomic E-state index is 11.0. The van der Waals surface area contributed by atoms with Gasteiger partial charge in [-0.05, 0) is 12.1 Å². The van der Waals surface area contributed by atoms with Crippen LogP contribution in [-0.4, -0.2) is 12.0 Å². The van der Waals surface area contributed by atoms with Crippen LogP contribution in [0.4, 0.5) is 5.69 Å². The Morgan fingerprint density at radius 3 is 2.12 bits per heavy atom. The lowest BCUT2D eigenvalue weighted by Crippen LogP contribution is -2.05. The molecule has 0 aliphatic heterocycles. The molecule has 0 amide bonds. The maximum Gasteiger partial charge on any atom is 0.170 e. The van der Waals surface area contributed by atoms with Crippen LogP contribution in [-0.2, 0) is 4.79 Å². The van der Waals surface area contributed by atoms with Gasteiger partial charge in [0.15, 0.2) is 6.29 Å². The van der Waals surface area contributed by atoms with Crippen molar-refractivity contribution >= 4 is 17.7 Å². The quantitative estimate of drug-likeness (QED) is 0.493. The summed E-state index contributed by atoms with van der Waals surface area (Å²) in [6, 6.07) is 18.8. The molecular weight excluding hydrogens is 212 g/mol. The Morgan fingerprint density at radius 1 is 0.941 bits per heavy atom. The number of nitrogens with one attached hydrogen (secondary N) is 1. The molecule has 0 heterocycles. The van der Waals surface area contributed by atoms with Crippen molar-refractivity contribution in [2.24, 2.45) is 5.10 Å². The zero-order valence-corrected chi connectivity index (χ0v) is 9.21. The number of hydrazone groups is 1. The van der Waals surface area contributed by atoms with Crippen molar-refractivity contribution < 1.29 is 4.79 Å². The van der Waals surface area contributed by atoms with E-state index >= 15 is 0 Å². The van der Waals surface area contributed by atoms with Gasteiger partial charge >= 0.3 is 0 Å². The van der Waals surface area contributed by atoms with Gasteiger partial charge in [0, 0.05) is 5.56 Å². The van der Waals surface area contributed by atoms with Crippen molar-refractivity contribution in [3.05, 3.63) is 66.2 Å². The summed E-state index contributed by atoms with van der Waals surface area (Å²) in [5.41, 5.74) is 4.88. The molecule has 0 fully saturated rings. The number of hydrogen-bond donors (Lipinski definition) is 1. The number of carbonyl (C=O) groups is 1. The highest BCUT2D eigenvalue weighted by molar-refractivity contribution is 6.36. The largest absolute Gasteiger partial charge is 0.296 e. The molecule has 0 aliphatic carbocycles. The second-order valence-corrected chi connectivity index (χ2v) is 3.46. The monoisotopic (exact) mass is 224 g/mol. The highest BCUT2D eigenvalue weighted by Gasteiger charge is 2.00. The average molecular weight is 224 g/mol. The molecule has 0 saturated carbocycles. The van der Waals surface area contributed by atoms with Gasteiger partial charge in [-0.25, -0.2) is 0 Å². The number of aldehydes is 1. The Balaban J connectivity index is 2.17. The molecule has 0 atom stereocenters. The summed E-state index contributed by atoms with van der Waals surface area (Å²) >= 11 is 0. The van der Waals surface area contributed by atoms with E-state index in [1.165, 1.54) is 0 Å². The van der Waals surface area contributed by atoms with Gasteiger partial charge in [-0.15, -0.1) is 0 Å². The molecule has 2 aromatic rings. The summed E-state index contributed by atoms with van der Waals surface area (Å²) in [6.45, 7) is 0. The van der Waals surface area contributed by atoms with Crippen LogP contribution in [0.1, 0.15) is 5.56 Å². The summed E-state index contributed by atoms with van der Waals surface area (Å²) in [4.78, 5) is 11.0. The normalized spacial score (nSPS) is 10.9. The van der Waals surface area contributed by atoms with Gasteiger partial charge in [0.05, 0.1) is 5.69 Å². The predicted octanol–water partition coefficient (Wildman–Crippen LogP) is 2.70. The molecule has 3 heteroatoms. The molecule has 2 rings (SSSR count). The molecule has 1 N–H and O–H groups in total. The van der Waals surface area contributed by atoms with E-state index < -0.39 is 0 Å². The van der Waals surface area contributed by atoms with Gasteiger partial charge in [0.25, 0.3) is 0 Å². The lowest BCUT2D eigenvalue weighted by atomic mass is 10.1. The lowest BCUT2D eigenvalue weighted by molar-refractivity contribution is -0.102. The van der Waals surface area contributed by atoms with Gasteiger partial charge < -0.3 is 0 Å². The molecule has 0 aromatic heterocycles. The summed E-state index contributed by atoms with van der Waals surface area (Å²) in [5, 5.41) is 4.08. The molecule has 0 saturated heterocycles. The van der Waals surface area contributed by atoms with Gasteiger partial charge in [-0.2, -0.15) is 5.10 Å². The fourth-order valence-electron chi connectivity index (χ4n) is 1.41. The van der Waals surface area contributed by atoms with E-state index in [-0.39, 0.29) is 0 Å². The number of hydrogen-bond acceptors (Lipinski definition) is 3. The molecule has 0 spiro atoms. The minimum atomic E-state index is 0.384. The van der Waals surface area contributed by atoms with Crippen molar-refractivity contribution in [1.29, 1.82) is 0 Å². The van der Waals surface area contributed by atoms with Gasteiger partial charge in [-0.3, -0.25) is 10.2 Å². The van der Waals surface area contributed by atoms with E-state index in [1.807, 2.05) is 60.7 Å². The first-order chi connectivity index (χ1) is 8.40. The highest BCUT2D eigenvalue weighted by Crippen LogP contribution is 2.06. The van der Waals surface area contributed by atoms with E-state index in [4.69, 9.17) is 0 Å². The zero-order valence-electron chi connectivity index (χ0n) is 9.21. The van der Waals surface area contributed by atoms with Crippen molar-refractivity contribution in [2.45, 2.75) is 0 Å². The van der Waals surface area contributed by atoms with Gasteiger partial charge in [-0.1, -0.05) is 48.5 Å². The van der Waals surface area contributed by atoms with Crippen LogP contribution in [0.3, 0.4) is 0 Å². The van der Waals surface area contributed by atoms with Crippen molar-refractivity contribution in [3.8, 4) is 0 Å². The SMILES string of the molecule is O=C/C(=N\Nc1ccccc1)c1ccccc1. The Kier molecular flexibility index (Phi) is 3.65. The molecule has 0 bridgehead atoms. The maximum absolute atomic E-state index is 11.0. The Bertz CT molecular complexity index is 506. The molecule has 0 radical (unpaired) electrons. The second-order valence-electron chi connectivity index (χ2n) is 3.46. The third-order valence-electron chi connectivity index (χ3n) is 2.26. The van der Waals surface area contributed by atoms with E-state index in [1.54, 1.807) is 0 Å². The average Bonchev–Trinajstić information content (AvgIpc) is 2.42. The van der Waals surface area contributed by atoms with Crippen LogP contribution in [0.2, 0.25) is 0 Å². The zero-order chi connectivity index (χ0) is 11.9. The molecule has 0 aliphatic rings. The van der Waals surface area contributed by atoms with Crippen LogP contribution in [0.25, 0.3) is 0 Å². The highest BCUT2D eigenvalue weighted by atomic mass is 16.1. The predicted molar refractivity (Wildman–Crippen MR) is 69.1 cm³/mol. The van der Waals surface area contributed by atoms with Crippen LogP contribution in [0.5, 0.6) is 0 Å². The second kappa shape index (κ2) is 5.61. The summed E-state index contributed by atoms with van der Waals surface area (Å²) in [5.74, 6) is 0.